The minimum absolute atomic E-state index is 0.00183. The van der Waals surface area contributed by atoms with E-state index in [4.69, 9.17) is 0 Å². The van der Waals surface area contributed by atoms with Crippen molar-refractivity contribution in [3.8, 4) is 5.75 Å². The molecule has 0 aromatic heterocycles. The summed E-state index contributed by atoms with van der Waals surface area (Å²) in [6.45, 7) is 11.6. The molecule has 294 valence electrons. The normalized spacial score (nSPS) is 26.8. The van der Waals surface area contributed by atoms with Crippen molar-refractivity contribution in [1.82, 2.24) is 41.7 Å². The van der Waals surface area contributed by atoms with E-state index < -0.39 is 95.9 Å². The van der Waals surface area contributed by atoms with Crippen molar-refractivity contribution in [3.63, 3.8) is 0 Å². The van der Waals surface area contributed by atoms with Crippen LogP contribution in [0.4, 0.5) is 4.79 Å². The van der Waals surface area contributed by atoms with Crippen LogP contribution in [0, 0.1) is 5.92 Å². The molecule has 2 aliphatic heterocycles. The second-order valence-electron chi connectivity index (χ2n) is 15.4. The zero-order valence-corrected chi connectivity index (χ0v) is 31.8. The Kier molecular flexibility index (Phi) is 14.7. The smallest absolute Gasteiger partial charge is 0.322 e. The number of likely N-dealkylation sites (N-methyl/N-ethyl adjacent to an activating group) is 1. The number of hydrogen-bond donors (Lipinski definition) is 8. The average Bonchev–Trinajstić information content (AvgIpc) is 3.51. The molecule has 2 aliphatic rings. The molecule has 2 fully saturated rings. The van der Waals surface area contributed by atoms with Gasteiger partial charge in [-0.25, -0.2) is 4.79 Å². The summed E-state index contributed by atoms with van der Waals surface area (Å²) in [5, 5.41) is 35.8. The van der Waals surface area contributed by atoms with Crippen LogP contribution >= 0.6 is 0 Å². The Balaban J connectivity index is 2.09. The van der Waals surface area contributed by atoms with E-state index in [1.165, 1.54) is 26.1 Å². The van der Waals surface area contributed by atoms with Crippen molar-refractivity contribution in [1.29, 1.82) is 0 Å². The molecular weight excluding hydrogens is 688 g/mol. The highest BCUT2D eigenvalue weighted by molar-refractivity contribution is 6.00. The molecule has 0 radical (unpaired) electrons. The van der Waals surface area contributed by atoms with Gasteiger partial charge >= 0.3 is 6.03 Å². The number of carbonyl (C=O) groups excluding carboxylic acids is 7. The number of benzene rings is 1. The van der Waals surface area contributed by atoms with Gasteiger partial charge in [-0.15, -0.1) is 0 Å². The van der Waals surface area contributed by atoms with Crippen molar-refractivity contribution in [2.75, 3.05) is 20.1 Å². The van der Waals surface area contributed by atoms with Crippen molar-refractivity contribution in [3.05, 3.63) is 29.8 Å². The van der Waals surface area contributed by atoms with Crippen molar-refractivity contribution in [2.24, 2.45) is 5.92 Å². The minimum Gasteiger partial charge on any atom is -0.508 e. The number of nitrogens with one attached hydrogen (secondary N) is 6. The van der Waals surface area contributed by atoms with Crippen molar-refractivity contribution in [2.45, 2.75) is 122 Å². The summed E-state index contributed by atoms with van der Waals surface area (Å²) in [6.07, 6.45) is -0.475. The lowest BCUT2D eigenvalue weighted by atomic mass is 10.0. The molecule has 0 saturated carbocycles. The Hall–Kier alpha value is -4.77. The molecule has 0 spiro atoms. The first kappa shape index (κ1) is 42.6. The van der Waals surface area contributed by atoms with Crippen LogP contribution in [0.15, 0.2) is 24.3 Å². The molecule has 1 aromatic carbocycles. The van der Waals surface area contributed by atoms with E-state index in [-0.39, 0.29) is 31.1 Å². The summed E-state index contributed by atoms with van der Waals surface area (Å²) >= 11 is 0. The van der Waals surface area contributed by atoms with Crippen LogP contribution in [0.1, 0.15) is 73.3 Å². The first-order valence-electron chi connectivity index (χ1n) is 18.0. The molecule has 0 bridgehead atoms. The number of urea groups is 1. The number of rotatable bonds is 6. The number of aliphatic hydroxyl groups excluding tert-OH is 1. The number of phenolic OH excluding ortho intramolecular Hbond substituents is 1. The van der Waals surface area contributed by atoms with Gasteiger partial charge in [-0.3, -0.25) is 39.0 Å². The van der Waals surface area contributed by atoms with Crippen LogP contribution in [0.5, 0.6) is 5.75 Å². The molecule has 53 heavy (non-hydrogen) atoms. The molecule has 3 rings (SSSR count). The number of aliphatic hydroxyl groups is 1. The van der Waals surface area contributed by atoms with Gasteiger partial charge < -0.3 is 41.7 Å². The number of amides is 8. The van der Waals surface area contributed by atoms with Crippen LogP contribution in [0.25, 0.3) is 0 Å². The van der Waals surface area contributed by atoms with E-state index in [0.29, 0.717) is 18.4 Å². The van der Waals surface area contributed by atoms with Crippen molar-refractivity contribution >= 4 is 41.5 Å². The van der Waals surface area contributed by atoms with E-state index in [1.807, 2.05) is 0 Å². The SMILES string of the molecule is CC(C)C[C@@H]1NC(=O)CN(C)C(=O)[C@H](Cc2ccc(O)cc2)NC(=O)[C@@H]2CCCN2[C@@H](C(=O)NC(C)(C)C)[C@H](C)NC(=O)C([C@@H](C)O)NC(=O)NC1=O. The molecule has 2 heterocycles. The number of fused-ring (bicyclic) bond motifs is 1. The van der Waals surface area contributed by atoms with Crippen LogP contribution in [0.2, 0.25) is 0 Å². The summed E-state index contributed by atoms with van der Waals surface area (Å²) in [6, 6.07) is -1.94. The Morgan fingerprint density at radius 2 is 1.57 bits per heavy atom. The van der Waals surface area contributed by atoms with E-state index in [2.05, 4.69) is 31.9 Å². The number of phenols is 1. The molecule has 0 aliphatic carbocycles. The summed E-state index contributed by atoms with van der Waals surface area (Å²) in [5.74, 6) is -4.21. The fraction of sp³-hybridized carbons (Fsp3) is 0.639. The lowest BCUT2D eigenvalue weighted by Gasteiger charge is -2.38. The molecular formula is C36H56N8O9. The molecule has 2 saturated heterocycles. The van der Waals surface area contributed by atoms with Gasteiger partial charge in [-0.05, 0) is 84.0 Å². The molecule has 7 atom stereocenters. The molecule has 17 heteroatoms. The Morgan fingerprint density at radius 3 is 2.15 bits per heavy atom. The molecule has 1 unspecified atom stereocenters. The quantitative estimate of drug-likeness (QED) is 0.181. The highest BCUT2D eigenvalue weighted by atomic mass is 16.3. The van der Waals surface area contributed by atoms with Crippen molar-refractivity contribution < 1.29 is 43.8 Å². The van der Waals surface area contributed by atoms with E-state index >= 15 is 0 Å². The summed E-state index contributed by atoms with van der Waals surface area (Å²) in [5.41, 5.74) is -0.0858. The third-order valence-corrected chi connectivity index (χ3v) is 8.96. The standard InChI is InChI=1S/C36H56N8O9/c1-19(2)16-24-30(48)41-35(53)40-28(21(4)45)32(50)37-20(3)29(33(51)42-36(5,6)7)44-15-9-10-26(44)31(49)39-25(17-22-11-13-23(46)14-12-22)34(52)43(8)18-27(47)38-24/h11-14,19-21,24-26,28-29,45-46H,9-10,15-18H2,1-8H3,(H,37,50)(H,38,47)(H,39,49)(H,42,51)(H2,40,41,48,53)/t20-,21+,24-,25-,26-,28?,29+/m0/s1. The maximum Gasteiger partial charge on any atom is 0.322 e. The van der Waals surface area contributed by atoms with Gasteiger partial charge in [0.1, 0.15) is 29.9 Å². The fourth-order valence-corrected chi connectivity index (χ4v) is 6.52. The van der Waals surface area contributed by atoms with Gasteiger partial charge in [0.2, 0.25) is 29.5 Å². The van der Waals surface area contributed by atoms with Gasteiger partial charge in [0, 0.05) is 19.0 Å². The molecule has 1 aromatic rings. The Morgan fingerprint density at radius 1 is 0.925 bits per heavy atom. The topological polar surface area (TPSA) is 239 Å². The fourth-order valence-electron chi connectivity index (χ4n) is 6.52. The number of carbonyl (C=O) groups is 7. The summed E-state index contributed by atoms with van der Waals surface area (Å²) < 4.78 is 0. The van der Waals surface area contributed by atoms with Gasteiger partial charge in [0.15, 0.2) is 0 Å². The van der Waals surface area contributed by atoms with Crippen LogP contribution in [-0.4, -0.2) is 130 Å². The predicted octanol–water partition coefficient (Wildman–Crippen LogP) is -0.750. The second kappa shape index (κ2) is 18.3. The number of aromatic hydroxyl groups is 1. The van der Waals surface area contributed by atoms with E-state index in [0.717, 1.165) is 4.90 Å². The third kappa shape index (κ3) is 12.4. The minimum atomic E-state index is -1.56. The Labute approximate surface area is 310 Å². The maximum absolute atomic E-state index is 14.1. The third-order valence-electron chi connectivity index (χ3n) is 8.96. The van der Waals surface area contributed by atoms with Gasteiger partial charge in [-0.1, -0.05) is 26.0 Å². The number of hydrogen-bond acceptors (Lipinski definition) is 10. The summed E-state index contributed by atoms with van der Waals surface area (Å²) in [4.78, 5) is 97.9. The second-order valence-corrected chi connectivity index (χ2v) is 15.4. The highest BCUT2D eigenvalue weighted by Gasteiger charge is 2.44. The monoisotopic (exact) mass is 744 g/mol. The van der Waals surface area contributed by atoms with Crippen LogP contribution < -0.4 is 31.9 Å². The highest BCUT2D eigenvalue weighted by Crippen LogP contribution is 2.24. The zero-order valence-electron chi connectivity index (χ0n) is 31.8. The van der Waals surface area contributed by atoms with Gasteiger partial charge in [-0.2, -0.15) is 0 Å². The lowest BCUT2D eigenvalue weighted by Crippen LogP contribution is -2.65. The van der Waals surface area contributed by atoms with Gasteiger partial charge in [0.25, 0.3) is 5.91 Å². The van der Waals surface area contributed by atoms with E-state index in [9.17, 15) is 43.8 Å². The zero-order chi connectivity index (χ0) is 39.8. The van der Waals surface area contributed by atoms with Crippen LogP contribution in [-0.2, 0) is 35.2 Å². The molecule has 17 nitrogen and oxygen atoms in total. The first-order chi connectivity index (χ1) is 24.7. The van der Waals surface area contributed by atoms with E-state index in [1.54, 1.807) is 58.6 Å². The average molecular weight is 745 g/mol. The molecule has 8 N–H and O–H groups in total. The molecule has 8 amide bonds. The Bertz CT molecular complexity index is 1510. The number of imide groups is 1. The van der Waals surface area contributed by atoms with Crippen LogP contribution in [0.3, 0.4) is 0 Å². The lowest BCUT2D eigenvalue weighted by molar-refractivity contribution is -0.140. The number of nitrogens with zero attached hydrogens (tertiary/aromatic N) is 2. The maximum atomic E-state index is 14.1. The van der Waals surface area contributed by atoms with Gasteiger partial charge in [0.05, 0.1) is 24.7 Å². The largest absolute Gasteiger partial charge is 0.508 e. The predicted molar refractivity (Wildman–Crippen MR) is 194 cm³/mol. The first-order valence-corrected chi connectivity index (χ1v) is 18.0. The summed E-state index contributed by atoms with van der Waals surface area (Å²) in [7, 11) is 1.38.